The minimum Gasteiger partial charge on any atom is -0.340 e. The maximum absolute atomic E-state index is 13.5. The molecule has 2 saturated carbocycles. The Labute approximate surface area is 222 Å². The lowest BCUT2D eigenvalue weighted by Crippen LogP contribution is -2.41. The van der Waals surface area contributed by atoms with Crippen LogP contribution < -0.4 is 0 Å². The molecule has 0 radical (unpaired) electrons. The lowest BCUT2D eigenvalue weighted by Gasteiger charge is -2.34. The second-order valence-electron chi connectivity index (χ2n) is 11.5. The van der Waals surface area contributed by atoms with Crippen LogP contribution in [0.25, 0.3) is 22.2 Å². The van der Waals surface area contributed by atoms with Crippen LogP contribution in [0.1, 0.15) is 103 Å². The van der Waals surface area contributed by atoms with Gasteiger partial charge in [0, 0.05) is 50.3 Å². The Balaban J connectivity index is 1.42. The summed E-state index contributed by atoms with van der Waals surface area (Å²) in [5.74, 6) is 2.85. The molecule has 0 N–H and O–H groups in total. The van der Waals surface area contributed by atoms with Gasteiger partial charge in [-0.1, -0.05) is 45.1 Å². The fraction of sp³-hybridized carbons (Fsp3) is 0.645. The zero-order chi connectivity index (χ0) is 25.8. The van der Waals surface area contributed by atoms with Crippen LogP contribution in [0.4, 0.5) is 0 Å². The summed E-state index contributed by atoms with van der Waals surface area (Å²) in [6.45, 7) is 5.96. The summed E-state index contributed by atoms with van der Waals surface area (Å²) in [5, 5.41) is 4.37. The van der Waals surface area contributed by atoms with E-state index in [0.29, 0.717) is 30.8 Å². The molecule has 0 bridgehead atoms. The molecule has 2 fully saturated rings. The van der Waals surface area contributed by atoms with E-state index in [1.165, 1.54) is 63.6 Å². The van der Waals surface area contributed by atoms with Gasteiger partial charge >= 0.3 is 0 Å². The number of carbonyl (C=O) groups excluding carboxylic acids is 1. The number of imidazole rings is 1. The molecule has 2 aliphatic rings. The Hall–Kier alpha value is -2.63. The maximum Gasteiger partial charge on any atom is 0.224 e. The lowest BCUT2D eigenvalue weighted by atomic mass is 9.79. The minimum absolute atomic E-state index is 0.303. The van der Waals surface area contributed by atoms with Crippen molar-refractivity contribution in [3.63, 3.8) is 0 Å². The molecule has 1 amide bonds. The fourth-order valence-corrected chi connectivity index (χ4v) is 6.94. The Morgan fingerprint density at radius 1 is 1.03 bits per heavy atom. The first kappa shape index (κ1) is 26.0. The van der Waals surface area contributed by atoms with Gasteiger partial charge in [-0.2, -0.15) is 5.10 Å². The highest BCUT2D eigenvalue weighted by atomic mass is 16.2. The topological polar surface area (TPSA) is 56.0 Å². The highest BCUT2D eigenvalue weighted by molar-refractivity contribution is 5.83. The molecule has 2 aromatic heterocycles. The number of aromatic nitrogens is 4. The second-order valence-corrected chi connectivity index (χ2v) is 11.5. The van der Waals surface area contributed by atoms with Crippen molar-refractivity contribution in [3.8, 4) is 11.1 Å². The van der Waals surface area contributed by atoms with Crippen LogP contribution in [0.3, 0.4) is 0 Å². The van der Waals surface area contributed by atoms with Gasteiger partial charge in [0.15, 0.2) is 0 Å². The number of hydrogen-bond donors (Lipinski definition) is 0. The van der Waals surface area contributed by atoms with Gasteiger partial charge < -0.3 is 9.47 Å². The van der Waals surface area contributed by atoms with Crippen LogP contribution in [0.15, 0.2) is 30.6 Å². The van der Waals surface area contributed by atoms with Crippen molar-refractivity contribution >= 4 is 16.9 Å². The first-order valence-electron chi connectivity index (χ1n) is 14.9. The minimum atomic E-state index is 0.303. The summed E-state index contributed by atoms with van der Waals surface area (Å²) in [5.41, 5.74) is 4.47. The first-order valence-corrected chi connectivity index (χ1v) is 14.9. The van der Waals surface area contributed by atoms with Crippen LogP contribution in [0.5, 0.6) is 0 Å². The number of aryl methyl sites for hydroxylation is 2. The van der Waals surface area contributed by atoms with Crippen molar-refractivity contribution in [3.05, 3.63) is 36.4 Å². The second kappa shape index (κ2) is 11.8. The molecule has 1 aromatic carbocycles. The van der Waals surface area contributed by atoms with Gasteiger partial charge in [-0.25, -0.2) is 4.98 Å². The average Bonchev–Trinajstić information content (AvgIpc) is 3.52. The molecule has 0 spiro atoms. The molecule has 2 aliphatic carbocycles. The van der Waals surface area contributed by atoms with E-state index in [1.807, 2.05) is 17.9 Å². The van der Waals surface area contributed by atoms with Crippen molar-refractivity contribution in [2.75, 3.05) is 6.54 Å². The number of amides is 1. The maximum atomic E-state index is 13.5. The molecule has 6 heteroatoms. The zero-order valence-corrected chi connectivity index (χ0v) is 23.2. The van der Waals surface area contributed by atoms with E-state index in [0.717, 1.165) is 47.5 Å². The molecule has 0 atom stereocenters. The summed E-state index contributed by atoms with van der Waals surface area (Å²) in [6, 6.07) is 7.00. The number of fused-ring (bicyclic) bond motifs is 1. The largest absolute Gasteiger partial charge is 0.340 e. The number of rotatable bonds is 9. The molecule has 2 heterocycles. The Morgan fingerprint density at radius 2 is 1.81 bits per heavy atom. The molecule has 5 rings (SSSR count). The zero-order valence-electron chi connectivity index (χ0n) is 23.2. The van der Waals surface area contributed by atoms with Crippen LogP contribution in [0.2, 0.25) is 0 Å². The standard InChI is InChI=1S/C31H45N5O/c1-4-9-23-12-14-24(15-13-23)31-33-28-17-16-25(26-21-32-34(3)22-26)20-29(28)36(31)19-18-30(37)35(5-2)27-10-7-6-8-11-27/h16-17,20-24,27H,4-15,18-19H2,1-3H3/t23-,24-. The third-order valence-electron chi connectivity index (χ3n) is 8.95. The number of benzene rings is 1. The van der Waals surface area contributed by atoms with E-state index < -0.39 is 0 Å². The van der Waals surface area contributed by atoms with Gasteiger partial charge in [0.25, 0.3) is 0 Å². The SMILES string of the molecule is CCC[C@H]1CC[C@H](c2nc3ccc(-c4cnn(C)c4)cc3n2CCC(=O)N(CC)C2CCCCC2)CC1. The molecular formula is C31H45N5O. The quantitative estimate of drug-likeness (QED) is 0.313. The van der Waals surface area contributed by atoms with E-state index in [2.05, 4.69) is 52.8 Å². The molecule has 3 aromatic rings. The molecule has 0 saturated heterocycles. The van der Waals surface area contributed by atoms with Crippen LogP contribution >= 0.6 is 0 Å². The monoisotopic (exact) mass is 503 g/mol. The number of hydrogen-bond acceptors (Lipinski definition) is 3. The Kier molecular flexibility index (Phi) is 8.31. The number of carbonyl (C=O) groups is 1. The van der Waals surface area contributed by atoms with Crippen molar-refractivity contribution in [2.45, 2.75) is 109 Å². The van der Waals surface area contributed by atoms with Gasteiger partial charge in [-0.15, -0.1) is 0 Å². The lowest BCUT2D eigenvalue weighted by molar-refractivity contribution is -0.134. The molecular weight excluding hydrogens is 458 g/mol. The van der Waals surface area contributed by atoms with Crippen LogP contribution in [-0.2, 0) is 18.4 Å². The van der Waals surface area contributed by atoms with Gasteiger partial charge in [-0.3, -0.25) is 9.48 Å². The fourth-order valence-electron chi connectivity index (χ4n) is 6.94. The summed E-state index contributed by atoms with van der Waals surface area (Å²) < 4.78 is 4.24. The highest BCUT2D eigenvalue weighted by Crippen LogP contribution is 2.39. The number of nitrogens with zero attached hydrogens (tertiary/aromatic N) is 5. The van der Waals surface area contributed by atoms with Crippen LogP contribution in [0, 0.1) is 5.92 Å². The van der Waals surface area contributed by atoms with E-state index >= 15 is 0 Å². The molecule has 37 heavy (non-hydrogen) atoms. The third-order valence-corrected chi connectivity index (χ3v) is 8.95. The van der Waals surface area contributed by atoms with Crippen molar-refractivity contribution in [1.29, 1.82) is 0 Å². The van der Waals surface area contributed by atoms with E-state index in [9.17, 15) is 4.79 Å². The van der Waals surface area contributed by atoms with E-state index in [-0.39, 0.29) is 0 Å². The average molecular weight is 504 g/mol. The van der Waals surface area contributed by atoms with Crippen LogP contribution in [-0.4, -0.2) is 42.7 Å². The van der Waals surface area contributed by atoms with Crippen molar-refractivity contribution in [2.24, 2.45) is 13.0 Å². The Bertz CT molecular complexity index is 1180. The van der Waals surface area contributed by atoms with Crippen molar-refractivity contribution in [1.82, 2.24) is 24.2 Å². The van der Waals surface area contributed by atoms with Gasteiger partial charge in [0.2, 0.25) is 5.91 Å². The molecule has 0 unspecified atom stereocenters. The van der Waals surface area contributed by atoms with Crippen molar-refractivity contribution < 1.29 is 4.79 Å². The van der Waals surface area contributed by atoms with Gasteiger partial charge in [0.05, 0.1) is 17.2 Å². The first-order chi connectivity index (χ1) is 18.1. The Morgan fingerprint density at radius 3 is 2.49 bits per heavy atom. The predicted octanol–water partition coefficient (Wildman–Crippen LogP) is 7.08. The van der Waals surface area contributed by atoms with E-state index in [1.54, 1.807) is 0 Å². The van der Waals surface area contributed by atoms with E-state index in [4.69, 9.17) is 4.98 Å². The predicted molar refractivity (Wildman–Crippen MR) is 150 cm³/mol. The molecule has 0 aliphatic heterocycles. The summed E-state index contributed by atoms with van der Waals surface area (Å²) >= 11 is 0. The summed E-state index contributed by atoms with van der Waals surface area (Å²) in [6.07, 6.45) is 18.3. The molecule has 6 nitrogen and oxygen atoms in total. The van der Waals surface area contributed by atoms with Gasteiger partial charge in [-0.05, 0) is 69.1 Å². The summed E-state index contributed by atoms with van der Waals surface area (Å²) in [7, 11) is 1.96. The third kappa shape index (κ3) is 5.78. The van der Waals surface area contributed by atoms with Gasteiger partial charge in [0.1, 0.15) is 5.82 Å². The normalized spacial score (nSPS) is 20.9. The smallest absolute Gasteiger partial charge is 0.224 e. The summed E-state index contributed by atoms with van der Waals surface area (Å²) in [4.78, 5) is 20.8. The highest BCUT2D eigenvalue weighted by Gasteiger charge is 2.28. The molecule has 200 valence electrons.